The molecule has 92 valence electrons. The molecule has 0 aromatic rings. The van der Waals surface area contributed by atoms with E-state index in [1.54, 1.807) is 4.90 Å². The highest BCUT2D eigenvalue weighted by molar-refractivity contribution is 7.91. The highest BCUT2D eigenvalue weighted by Gasteiger charge is 2.23. The standard InChI is InChI=1S/C9H17N3O3S/c13-9-10-1-2-12(9)4-3-11-5-7-16(14,15)8-6-11/h1-8H2,(H,10,13). The smallest absolute Gasteiger partial charge is 0.317 e. The predicted molar refractivity (Wildman–Crippen MR) is 60.1 cm³/mol. The Balaban J connectivity index is 1.73. The first-order valence-electron chi connectivity index (χ1n) is 5.52. The summed E-state index contributed by atoms with van der Waals surface area (Å²) in [6, 6.07) is -0.00960. The first-order valence-corrected chi connectivity index (χ1v) is 7.34. The van der Waals surface area contributed by atoms with E-state index < -0.39 is 9.84 Å². The maximum Gasteiger partial charge on any atom is 0.317 e. The molecule has 6 nitrogen and oxygen atoms in total. The van der Waals surface area contributed by atoms with E-state index >= 15 is 0 Å². The van der Waals surface area contributed by atoms with Crippen LogP contribution in [0.5, 0.6) is 0 Å². The Hall–Kier alpha value is -0.820. The van der Waals surface area contributed by atoms with E-state index in [0.29, 0.717) is 26.2 Å². The van der Waals surface area contributed by atoms with Crippen molar-refractivity contribution in [2.45, 2.75) is 0 Å². The van der Waals surface area contributed by atoms with E-state index in [1.807, 2.05) is 0 Å². The fourth-order valence-corrected chi connectivity index (χ4v) is 3.24. The van der Waals surface area contributed by atoms with Gasteiger partial charge in [-0.3, -0.25) is 4.90 Å². The van der Waals surface area contributed by atoms with Crippen LogP contribution in [0.4, 0.5) is 4.79 Å². The molecule has 0 saturated carbocycles. The van der Waals surface area contributed by atoms with Crippen molar-refractivity contribution in [2.24, 2.45) is 0 Å². The second kappa shape index (κ2) is 4.58. The van der Waals surface area contributed by atoms with E-state index in [0.717, 1.165) is 13.1 Å². The molecule has 16 heavy (non-hydrogen) atoms. The van der Waals surface area contributed by atoms with Gasteiger partial charge in [-0.15, -0.1) is 0 Å². The lowest BCUT2D eigenvalue weighted by molar-refractivity contribution is 0.204. The number of nitrogens with zero attached hydrogens (tertiary/aromatic N) is 2. The van der Waals surface area contributed by atoms with Crippen molar-refractivity contribution >= 4 is 15.9 Å². The van der Waals surface area contributed by atoms with Crippen molar-refractivity contribution in [3.05, 3.63) is 0 Å². The van der Waals surface area contributed by atoms with E-state index in [9.17, 15) is 13.2 Å². The number of carbonyl (C=O) groups is 1. The van der Waals surface area contributed by atoms with E-state index in [2.05, 4.69) is 10.2 Å². The van der Waals surface area contributed by atoms with E-state index in [1.165, 1.54) is 0 Å². The Bertz CT molecular complexity index is 354. The lowest BCUT2D eigenvalue weighted by atomic mass is 10.4. The van der Waals surface area contributed by atoms with E-state index in [4.69, 9.17) is 0 Å². The molecule has 0 spiro atoms. The van der Waals surface area contributed by atoms with Crippen molar-refractivity contribution in [3.63, 3.8) is 0 Å². The van der Waals surface area contributed by atoms with Crippen LogP contribution in [0.2, 0.25) is 0 Å². The average molecular weight is 247 g/mol. The van der Waals surface area contributed by atoms with Gasteiger partial charge in [0.15, 0.2) is 9.84 Å². The highest BCUT2D eigenvalue weighted by Crippen LogP contribution is 2.04. The van der Waals surface area contributed by atoms with Crippen LogP contribution >= 0.6 is 0 Å². The van der Waals surface area contributed by atoms with Crippen molar-refractivity contribution in [2.75, 3.05) is 50.8 Å². The summed E-state index contributed by atoms with van der Waals surface area (Å²) in [7, 11) is -2.80. The number of amides is 2. The summed E-state index contributed by atoms with van der Waals surface area (Å²) in [5.41, 5.74) is 0. The molecule has 0 unspecified atom stereocenters. The normalized spacial score (nSPS) is 25.8. The molecular formula is C9H17N3O3S. The lowest BCUT2D eigenvalue weighted by Crippen LogP contribution is -2.44. The number of hydrogen-bond acceptors (Lipinski definition) is 4. The molecule has 7 heteroatoms. The molecule has 0 bridgehead atoms. The Labute approximate surface area is 95.5 Å². The Kier molecular flexibility index (Phi) is 3.34. The largest absolute Gasteiger partial charge is 0.336 e. The molecule has 2 amide bonds. The molecule has 2 saturated heterocycles. The number of nitrogens with one attached hydrogen (secondary N) is 1. The molecule has 1 N–H and O–H groups in total. The number of urea groups is 1. The molecule has 2 heterocycles. The summed E-state index contributed by atoms with van der Waals surface area (Å²) in [5.74, 6) is 0.498. The van der Waals surface area contributed by atoms with Gasteiger partial charge in [-0.2, -0.15) is 0 Å². The second-order valence-electron chi connectivity index (χ2n) is 4.21. The lowest BCUT2D eigenvalue weighted by Gasteiger charge is -2.28. The van der Waals surface area contributed by atoms with Gasteiger partial charge >= 0.3 is 6.03 Å². The van der Waals surface area contributed by atoms with Crippen LogP contribution in [0.15, 0.2) is 0 Å². The van der Waals surface area contributed by atoms with Crippen molar-refractivity contribution in [1.82, 2.24) is 15.1 Å². The summed E-state index contributed by atoms with van der Waals surface area (Å²) >= 11 is 0. The van der Waals surface area contributed by atoms with Gasteiger partial charge in [0.25, 0.3) is 0 Å². The maximum absolute atomic E-state index is 11.3. The molecule has 2 fully saturated rings. The number of hydrogen-bond donors (Lipinski definition) is 1. The molecular weight excluding hydrogens is 230 g/mol. The van der Waals surface area contributed by atoms with Crippen molar-refractivity contribution < 1.29 is 13.2 Å². The van der Waals surface area contributed by atoms with Crippen LogP contribution in [0, 0.1) is 0 Å². The molecule has 0 atom stereocenters. The third-order valence-electron chi connectivity index (χ3n) is 3.07. The number of rotatable bonds is 3. The van der Waals surface area contributed by atoms with Crippen molar-refractivity contribution in [3.8, 4) is 0 Å². The van der Waals surface area contributed by atoms with Crippen molar-refractivity contribution in [1.29, 1.82) is 0 Å². The first-order chi connectivity index (χ1) is 7.57. The molecule has 0 radical (unpaired) electrons. The third kappa shape index (κ3) is 2.85. The fraction of sp³-hybridized carbons (Fsp3) is 0.889. The van der Waals surface area contributed by atoms with Crippen LogP contribution in [0.1, 0.15) is 0 Å². The molecule has 2 aliphatic heterocycles. The monoisotopic (exact) mass is 247 g/mol. The molecule has 0 aliphatic carbocycles. The molecule has 2 aliphatic rings. The minimum atomic E-state index is -2.80. The summed E-state index contributed by atoms with van der Waals surface area (Å²) in [6.45, 7) is 4.11. The number of carbonyl (C=O) groups excluding carboxylic acids is 1. The SMILES string of the molecule is O=C1NCCN1CCN1CCS(=O)(=O)CC1. The summed E-state index contributed by atoms with van der Waals surface area (Å²) in [5, 5.41) is 2.74. The predicted octanol–water partition coefficient (Wildman–Crippen LogP) is -1.26. The third-order valence-corrected chi connectivity index (χ3v) is 4.68. The topological polar surface area (TPSA) is 69.7 Å². The van der Waals surface area contributed by atoms with Gasteiger partial charge in [0.05, 0.1) is 11.5 Å². The van der Waals surface area contributed by atoms with Crippen LogP contribution in [0.3, 0.4) is 0 Å². The summed E-state index contributed by atoms with van der Waals surface area (Å²) in [6.07, 6.45) is 0. The zero-order valence-electron chi connectivity index (χ0n) is 9.18. The van der Waals surface area contributed by atoms with E-state index in [-0.39, 0.29) is 17.5 Å². The minimum Gasteiger partial charge on any atom is -0.336 e. The second-order valence-corrected chi connectivity index (χ2v) is 6.52. The van der Waals surface area contributed by atoms with Crippen LogP contribution in [-0.2, 0) is 9.84 Å². The van der Waals surface area contributed by atoms with Gasteiger partial charge in [-0.25, -0.2) is 13.2 Å². The van der Waals surface area contributed by atoms with Crippen LogP contribution < -0.4 is 5.32 Å². The van der Waals surface area contributed by atoms with Gasteiger partial charge in [0.1, 0.15) is 0 Å². The van der Waals surface area contributed by atoms with Gasteiger partial charge < -0.3 is 10.2 Å². The fourth-order valence-electron chi connectivity index (χ4n) is 1.96. The first kappa shape index (κ1) is 11.7. The molecule has 0 aromatic heterocycles. The minimum absolute atomic E-state index is 0.00960. The Morgan fingerprint density at radius 1 is 1.12 bits per heavy atom. The Morgan fingerprint density at radius 2 is 1.81 bits per heavy atom. The van der Waals surface area contributed by atoms with Gasteiger partial charge in [-0.05, 0) is 0 Å². The van der Waals surface area contributed by atoms with Gasteiger partial charge in [0.2, 0.25) is 0 Å². The molecule has 0 aromatic carbocycles. The zero-order chi connectivity index (χ0) is 11.6. The summed E-state index contributed by atoms with van der Waals surface area (Å²) < 4.78 is 22.4. The summed E-state index contributed by atoms with van der Waals surface area (Å²) in [4.78, 5) is 15.1. The van der Waals surface area contributed by atoms with Crippen LogP contribution in [-0.4, -0.2) is 75.0 Å². The highest BCUT2D eigenvalue weighted by atomic mass is 32.2. The molecule has 2 rings (SSSR count). The average Bonchev–Trinajstić information content (AvgIpc) is 2.63. The number of sulfone groups is 1. The zero-order valence-corrected chi connectivity index (χ0v) is 10.0. The maximum atomic E-state index is 11.3. The van der Waals surface area contributed by atoms with Crippen LogP contribution in [0.25, 0.3) is 0 Å². The van der Waals surface area contributed by atoms with Gasteiger partial charge in [-0.1, -0.05) is 0 Å². The quantitative estimate of drug-likeness (QED) is 0.676. The van der Waals surface area contributed by atoms with Gasteiger partial charge in [0, 0.05) is 39.3 Å². The Morgan fingerprint density at radius 3 is 2.38 bits per heavy atom.